The molecule has 0 atom stereocenters. The quantitative estimate of drug-likeness (QED) is 0.145. The number of benzene rings is 2. The SMILES string of the molecule is Cc1sc(N)nc1-c1ccc(OCCCCCOc2ccc(/C(N)=N/O)cc2)cc1. The Balaban J connectivity index is 1.32. The van der Waals surface area contributed by atoms with E-state index in [9.17, 15) is 0 Å². The van der Waals surface area contributed by atoms with Gasteiger partial charge in [-0.15, -0.1) is 11.3 Å². The van der Waals surface area contributed by atoms with Crippen molar-refractivity contribution in [3.05, 3.63) is 59.0 Å². The van der Waals surface area contributed by atoms with Crippen molar-refractivity contribution in [1.29, 1.82) is 0 Å². The van der Waals surface area contributed by atoms with Crippen molar-refractivity contribution in [2.45, 2.75) is 26.2 Å². The number of anilines is 1. The lowest BCUT2D eigenvalue weighted by molar-refractivity contribution is 0.279. The number of hydrogen-bond donors (Lipinski definition) is 3. The largest absolute Gasteiger partial charge is 0.494 e. The highest BCUT2D eigenvalue weighted by Crippen LogP contribution is 2.29. The van der Waals surface area contributed by atoms with E-state index < -0.39 is 0 Å². The number of hydrogen-bond acceptors (Lipinski definition) is 7. The number of ether oxygens (including phenoxy) is 2. The summed E-state index contributed by atoms with van der Waals surface area (Å²) in [6.45, 7) is 3.32. The molecule has 0 unspecified atom stereocenters. The van der Waals surface area contributed by atoms with Gasteiger partial charge in [0.15, 0.2) is 11.0 Å². The Morgan fingerprint density at radius 2 is 1.53 bits per heavy atom. The molecule has 158 valence electrons. The minimum absolute atomic E-state index is 0.0825. The fourth-order valence-corrected chi connectivity index (χ4v) is 3.65. The number of nitrogens with zero attached hydrogens (tertiary/aromatic N) is 2. The van der Waals surface area contributed by atoms with Crippen molar-refractivity contribution in [2.24, 2.45) is 10.9 Å². The van der Waals surface area contributed by atoms with Gasteiger partial charge in [-0.05, 0) is 74.7 Å². The van der Waals surface area contributed by atoms with E-state index in [4.69, 9.17) is 26.1 Å². The third-order valence-electron chi connectivity index (χ3n) is 4.52. The average molecular weight is 427 g/mol. The van der Waals surface area contributed by atoms with Gasteiger partial charge in [0.2, 0.25) is 0 Å². The molecule has 3 aromatic rings. The molecule has 7 nitrogen and oxygen atoms in total. The van der Waals surface area contributed by atoms with Gasteiger partial charge in [-0.25, -0.2) is 4.98 Å². The van der Waals surface area contributed by atoms with Crippen molar-refractivity contribution in [1.82, 2.24) is 4.98 Å². The highest BCUT2D eigenvalue weighted by atomic mass is 32.1. The molecule has 0 radical (unpaired) electrons. The number of nitrogen functional groups attached to an aromatic ring is 1. The molecular formula is C22H26N4O3S. The summed E-state index contributed by atoms with van der Waals surface area (Å²) in [6, 6.07) is 15.1. The van der Waals surface area contributed by atoms with Crippen LogP contribution in [0, 0.1) is 6.92 Å². The van der Waals surface area contributed by atoms with E-state index in [1.807, 2.05) is 43.3 Å². The van der Waals surface area contributed by atoms with Crippen molar-refractivity contribution in [3.63, 3.8) is 0 Å². The summed E-state index contributed by atoms with van der Waals surface area (Å²) >= 11 is 1.50. The van der Waals surface area contributed by atoms with Crippen LogP contribution in [0.3, 0.4) is 0 Å². The summed E-state index contributed by atoms with van der Waals surface area (Å²) in [7, 11) is 0. The third-order valence-corrected chi connectivity index (χ3v) is 5.32. The smallest absolute Gasteiger partial charge is 0.180 e. The number of rotatable bonds is 10. The van der Waals surface area contributed by atoms with Crippen molar-refractivity contribution in [3.8, 4) is 22.8 Å². The van der Waals surface area contributed by atoms with Crippen LogP contribution in [0.2, 0.25) is 0 Å². The highest BCUT2D eigenvalue weighted by molar-refractivity contribution is 7.15. The second-order valence-electron chi connectivity index (χ2n) is 6.75. The van der Waals surface area contributed by atoms with Crippen LogP contribution in [0.1, 0.15) is 29.7 Å². The van der Waals surface area contributed by atoms with Crippen LogP contribution in [0.5, 0.6) is 11.5 Å². The molecule has 0 spiro atoms. The van der Waals surface area contributed by atoms with Gasteiger partial charge in [0.1, 0.15) is 11.5 Å². The van der Waals surface area contributed by atoms with Crippen LogP contribution in [-0.2, 0) is 0 Å². The van der Waals surface area contributed by atoms with E-state index in [0.29, 0.717) is 23.9 Å². The number of oxime groups is 1. The lowest BCUT2D eigenvalue weighted by Crippen LogP contribution is -2.12. The zero-order chi connectivity index (χ0) is 21.3. The molecular weight excluding hydrogens is 400 g/mol. The topological polar surface area (TPSA) is 116 Å². The van der Waals surface area contributed by atoms with E-state index in [0.717, 1.165) is 46.9 Å². The first-order valence-corrected chi connectivity index (χ1v) is 10.6. The zero-order valence-corrected chi connectivity index (χ0v) is 17.7. The third kappa shape index (κ3) is 5.87. The molecule has 3 rings (SSSR count). The van der Waals surface area contributed by atoms with Gasteiger partial charge in [-0.3, -0.25) is 0 Å². The minimum Gasteiger partial charge on any atom is -0.494 e. The Morgan fingerprint density at radius 1 is 0.967 bits per heavy atom. The van der Waals surface area contributed by atoms with Crippen LogP contribution in [0.4, 0.5) is 5.13 Å². The van der Waals surface area contributed by atoms with Crippen molar-refractivity contribution >= 4 is 22.3 Å². The summed E-state index contributed by atoms with van der Waals surface area (Å²) in [6.07, 6.45) is 2.90. The number of amidine groups is 1. The molecule has 0 bridgehead atoms. The lowest BCUT2D eigenvalue weighted by atomic mass is 10.1. The van der Waals surface area contributed by atoms with Crippen LogP contribution in [-0.4, -0.2) is 29.2 Å². The normalized spacial score (nSPS) is 11.4. The van der Waals surface area contributed by atoms with Gasteiger partial charge in [0.25, 0.3) is 0 Å². The molecule has 30 heavy (non-hydrogen) atoms. The second kappa shape index (κ2) is 10.5. The van der Waals surface area contributed by atoms with Crippen molar-refractivity contribution in [2.75, 3.05) is 18.9 Å². The second-order valence-corrected chi connectivity index (χ2v) is 7.98. The van der Waals surface area contributed by atoms with Crippen LogP contribution < -0.4 is 20.9 Å². The van der Waals surface area contributed by atoms with Gasteiger partial charge in [0.05, 0.1) is 18.9 Å². The highest BCUT2D eigenvalue weighted by Gasteiger charge is 2.08. The predicted octanol–water partition coefficient (Wildman–Crippen LogP) is 4.42. The molecule has 0 aliphatic heterocycles. The molecule has 5 N–H and O–H groups in total. The van der Waals surface area contributed by atoms with Crippen LogP contribution >= 0.6 is 11.3 Å². The number of aryl methyl sites for hydroxylation is 1. The Bertz CT molecular complexity index is 969. The lowest BCUT2D eigenvalue weighted by Gasteiger charge is -2.08. The first-order valence-electron chi connectivity index (χ1n) is 9.73. The molecule has 0 amide bonds. The predicted molar refractivity (Wildman–Crippen MR) is 120 cm³/mol. The number of thiazole rings is 1. The molecule has 2 aromatic carbocycles. The summed E-state index contributed by atoms with van der Waals surface area (Å²) in [5.74, 6) is 1.69. The van der Waals surface area contributed by atoms with Gasteiger partial charge in [-0.1, -0.05) is 5.16 Å². The molecule has 0 aliphatic rings. The fourth-order valence-electron chi connectivity index (χ4n) is 2.93. The maximum atomic E-state index is 8.66. The summed E-state index contributed by atoms with van der Waals surface area (Å²) in [5.41, 5.74) is 13.9. The minimum atomic E-state index is 0.0825. The van der Waals surface area contributed by atoms with Crippen LogP contribution in [0.15, 0.2) is 53.7 Å². The summed E-state index contributed by atoms with van der Waals surface area (Å²) < 4.78 is 11.5. The number of nitrogens with two attached hydrogens (primary N) is 2. The average Bonchev–Trinajstić information content (AvgIpc) is 3.11. The Kier molecular flexibility index (Phi) is 7.51. The monoisotopic (exact) mass is 426 g/mol. The Labute approximate surface area is 180 Å². The molecule has 0 aliphatic carbocycles. The molecule has 0 fully saturated rings. The number of unbranched alkanes of at least 4 members (excludes halogenated alkanes) is 2. The first kappa shape index (κ1) is 21.4. The van der Waals surface area contributed by atoms with Gasteiger partial charge >= 0.3 is 0 Å². The molecule has 1 heterocycles. The van der Waals surface area contributed by atoms with E-state index >= 15 is 0 Å². The van der Waals surface area contributed by atoms with E-state index in [1.54, 1.807) is 12.1 Å². The van der Waals surface area contributed by atoms with Gasteiger partial charge in [0, 0.05) is 16.0 Å². The Hall–Kier alpha value is -3.26. The summed E-state index contributed by atoms with van der Waals surface area (Å²) in [4.78, 5) is 5.49. The van der Waals surface area contributed by atoms with E-state index in [2.05, 4.69) is 10.1 Å². The summed E-state index contributed by atoms with van der Waals surface area (Å²) in [5, 5.41) is 12.2. The van der Waals surface area contributed by atoms with E-state index in [1.165, 1.54) is 11.3 Å². The number of aromatic nitrogens is 1. The maximum absolute atomic E-state index is 8.66. The molecule has 1 aromatic heterocycles. The first-order chi connectivity index (χ1) is 14.6. The zero-order valence-electron chi connectivity index (χ0n) is 16.9. The van der Waals surface area contributed by atoms with Gasteiger partial charge in [-0.2, -0.15) is 0 Å². The Morgan fingerprint density at radius 3 is 2.03 bits per heavy atom. The van der Waals surface area contributed by atoms with Crippen molar-refractivity contribution < 1.29 is 14.7 Å². The standard InChI is InChI=1S/C22H26N4O3S/c1-15-20(25-22(24)30-15)16-5-9-18(10-6-16)28-13-3-2-4-14-29-19-11-7-17(8-12-19)21(23)26-27/h5-12,27H,2-4,13-14H2,1H3,(H2,23,26)(H2,24,25). The molecule has 8 heteroatoms. The molecule has 0 saturated heterocycles. The van der Waals surface area contributed by atoms with Gasteiger partial charge < -0.3 is 26.1 Å². The van der Waals surface area contributed by atoms with Crippen LogP contribution in [0.25, 0.3) is 11.3 Å². The molecule has 0 saturated carbocycles. The van der Waals surface area contributed by atoms with E-state index in [-0.39, 0.29) is 5.84 Å². The maximum Gasteiger partial charge on any atom is 0.180 e. The fraction of sp³-hybridized carbons (Fsp3) is 0.273.